The first-order valence-electron chi connectivity index (χ1n) is 7.76. The molecule has 1 aromatic heterocycles. The van der Waals surface area contributed by atoms with Crippen LogP contribution in [0.15, 0.2) is 36.7 Å². The van der Waals surface area contributed by atoms with Crippen molar-refractivity contribution in [3.63, 3.8) is 0 Å². The minimum absolute atomic E-state index is 0.304. The van der Waals surface area contributed by atoms with Gasteiger partial charge in [-0.05, 0) is 25.3 Å². The average molecular weight is 298 g/mol. The second kappa shape index (κ2) is 7.22. The Morgan fingerprint density at radius 1 is 1.18 bits per heavy atom. The van der Waals surface area contributed by atoms with Gasteiger partial charge in [-0.3, -0.25) is 0 Å². The third-order valence-corrected chi connectivity index (χ3v) is 3.76. The molecule has 2 N–H and O–H groups in total. The molecule has 0 radical (unpaired) electrons. The number of aryl methyl sites for hydroxylation is 1. The van der Waals surface area contributed by atoms with E-state index in [4.69, 9.17) is 4.74 Å². The molecular weight excluding hydrogens is 276 g/mol. The normalized spacial score (nSPS) is 17.4. The number of ether oxygens (including phenoxy) is 1. The highest BCUT2D eigenvalue weighted by atomic mass is 16.5. The van der Waals surface area contributed by atoms with Gasteiger partial charge < -0.3 is 15.4 Å². The topological polar surface area (TPSA) is 59.1 Å². The SMILES string of the molecule is Cc1cccc(CNc2cc(NCC3CCCO3)ncn2)c1. The van der Waals surface area contributed by atoms with Crippen LogP contribution >= 0.6 is 0 Å². The number of nitrogens with zero attached hydrogens (tertiary/aromatic N) is 2. The summed E-state index contributed by atoms with van der Waals surface area (Å²) < 4.78 is 5.60. The molecule has 2 heterocycles. The summed E-state index contributed by atoms with van der Waals surface area (Å²) in [5.41, 5.74) is 2.51. The molecule has 116 valence electrons. The fraction of sp³-hybridized carbons (Fsp3) is 0.412. The summed E-state index contributed by atoms with van der Waals surface area (Å²) in [6, 6.07) is 10.4. The Labute approximate surface area is 131 Å². The van der Waals surface area contributed by atoms with Gasteiger partial charge in [0.05, 0.1) is 6.10 Å². The Hall–Kier alpha value is -2.14. The monoisotopic (exact) mass is 298 g/mol. The van der Waals surface area contributed by atoms with E-state index in [-0.39, 0.29) is 0 Å². The number of rotatable bonds is 6. The molecule has 1 fully saturated rings. The summed E-state index contributed by atoms with van der Waals surface area (Å²) in [4.78, 5) is 8.51. The summed E-state index contributed by atoms with van der Waals surface area (Å²) in [6.07, 6.45) is 4.16. The molecule has 5 nitrogen and oxygen atoms in total. The Morgan fingerprint density at radius 3 is 2.82 bits per heavy atom. The van der Waals surface area contributed by atoms with Gasteiger partial charge in [-0.15, -0.1) is 0 Å². The van der Waals surface area contributed by atoms with Gasteiger partial charge in [-0.1, -0.05) is 29.8 Å². The van der Waals surface area contributed by atoms with Gasteiger partial charge in [-0.2, -0.15) is 0 Å². The van der Waals surface area contributed by atoms with Crippen LogP contribution in [0.1, 0.15) is 24.0 Å². The smallest absolute Gasteiger partial charge is 0.131 e. The zero-order valence-corrected chi connectivity index (χ0v) is 12.9. The predicted molar refractivity (Wildman–Crippen MR) is 88.0 cm³/mol. The second-order valence-corrected chi connectivity index (χ2v) is 5.65. The predicted octanol–water partition coefficient (Wildman–Crippen LogP) is 2.99. The molecule has 5 heteroatoms. The first-order chi connectivity index (χ1) is 10.8. The van der Waals surface area contributed by atoms with E-state index >= 15 is 0 Å². The van der Waals surface area contributed by atoms with Gasteiger partial charge >= 0.3 is 0 Å². The number of benzene rings is 1. The standard InChI is InChI=1S/C17H22N4O/c1-13-4-2-5-14(8-13)10-18-16-9-17(21-12-20-16)19-11-15-6-3-7-22-15/h2,4-5,8-9,12,15H,3,6-7,10-11H2,1H3,(H2,18,19,20,21). The summed E-state index contributed by atoms with van der Waals surface area (Å²) in [6.45, 7) is 4.53. The van der Waals surface area contributed by atoms with Crippen LogP contribution in [-0.4, -0.2) is 29.2 Å². The van der Waals surface area contributed by atoms with Crippen molar-refractivity contribution < 1.29 is 4.74 Å². The van der Waals surface area contributed by atoms with Crippen LogP contribution in [0.5, 0.6) is 0 Å². The average Bonchev–Trinajstić information content (AvgIpc) is 3.05. The van der Waals surface area contributed by atoms with E-state index < -0.39 is 0 Å². The molecule has 0 saturated carbocycles. The number of hydrogen-bond acceptors (Lipinski definition) is 5. The van der Waals surface area contributed by atoms with Crippen LogP contribution in [0.2, 0.25) is 0 Å². The van der Waals surface area contributed by atoms with E-state index in [1.165, 1.54) is 11.1 Å². The molecule has 1 saturated heterocycles. The van der Waals surface area contributed by atoms with Gasteiger partial charge in [-0.25, -0.2) is 9.97 Å². The van der Waals surface area contributed by atoms with E-state index in [0.717, 1.165) is 44.2 Å². The van der Waals surface area contributed by atoms with Crippen LogP contribution in [0.4, 0.5) is 11.6 Å². The van der Waals surface area contributed by atoms with Gasteiger partial charge in [0.1, 0.15) is 18.0 Å². The number of anilines is 2. The maximum Gasteiger partial charge on any atom is 0.131 e. The molecule has 1 aliphatic heterocycles. The second-order valence-electron chi connectivity index (χ2n) is 5.65. The number of hydrogen-bond donors (Lipinski definition) is 2. The first-order valence-corrected chi connectivity index (χ1v) is 7.76. The molecule has 1 unspecified atom stereocenters. The third-order valence-electron chi connectivity index (χ3n) is 3.76. The van der Waals surface area contributed by atoms with Gasteiger partial charge in [0, 0.05) is 25.8 Å². The van der Waals surface area contributed by atoms with Crippen molar-refractivity contribution >= 4 is 11.6 Å². The molecule has 22 heavy (non-hydrogen) atoms. The molecule has 1 aromatic carbocycles. The Balaban J connectivity index is 1.54. The minimum atomic E-state index is 0.304. The maximum atomic E-state index is 5.60. The van der Waals surface area contributed by atoms with E-state index in [2.05, 4.69) is 51.8 Å². The lowest BCUT2D eigenvalue weighted by Gasteiger charge is -2.12. The van der Waals surface area contributed by atoms with Crippen molar-refractivity contribution in [2.75, 3.05) is 23.8 Å². The molecule has 1 aliphatic rings. The van der Waals surface area contributed by atoms with Crippen molar-refractivity contribution in [3.05, 3.63) is 47.8 Å². The number of nitrogens with one attached hydrogen (secondary N) is 2. The van der Waals surface area contributed by atoms with E-state index in [1.54, 1.807) is 6.33 Å². The Kier molecular flexibility index (Phi) is 4.85. The minimum Gasteiger partial charge on any atom is -0.376 e. The van der Waals surface area contributed by atoms with E-state index in [0.29, 0.717) is 6.10 Å². The Morgan fingerprint density at radius 2 is 2.05 bits per heavy atom. The quantitative estimate of drug-likeness (QED) is 0.858. The fourth-order valence-electron chi connectivity index (χ4n) is 2.59. The van der Waals surface area contributed by atoms with E-state index in [1.807, 2.05) is 6.07 Å². The van der Waals surface area contributed by atoms with Gasteiger partial charge in [0.25, 0.3) is 0 Å². The molecule has 0 aliphatic carbocycles. The molecule has 0 bridgehead atoms. The van der Waals surface area contributed by atoms with Crippen LogP contribution < -0.4 is 10.6 Å². The highest BCUT2D eigenvalue weighted by Crippen LogP contribution is 2.14. The summed E-state index contributed by atoms with van der Waals surface area (Å²) in [5, 5.41) is 6.65. The third kappa shape index (κ3) is 4.18. The molecule has 0 amide bonds. The van der Waals surface area contributed by atoms with Crippen LogP contribution in [-0.2, 0) is 11.3 Å². The maximum absolute atomic E-state index is 5.60. The zero-order chi connectivity index (χ0) is 15.2. The number of aromatic nitrogens is 2. The largest absolute Gasteiger partial charge is 0.376 e. The summed E-state index contributed by atoms with van der Waals surface area (Å²) in [5.74, 6) is 1.66. The summed E-state index contributed by atoms with van der Waals surface area (Å²) >= 11 is 0. The lowest BCUT2D eigenvalue weighted by molar-refractivity contribution is 0.120. The van der Waals surface area contributed by atoms with Crippen molar-refractivity contribution in [1.82, 2.24) is 9.97 Å². The lowest BCUT2D eigenvalue weighted by Crippen LogP contribution is -2.19. The summed E-state index contributed by atoms with van der Waals surface area (Å²) in [7, 11) is 0. The zero-order valence-electron chi connectivity index (χ0n) is 12.9. The van der Waals surface area contributed by atoms with Crippen LogP contribution in [0.3, 0.4) is 0 Å². The van der Waals surface area contributed by atoms with Crippen molar-refractivity contribution in [3.8, 4) is 0 Å². The van der Waals surface area contributed by atoms with Crippen molar-refractivity contribution in [2.24, 2.45) is 0 Å². The first kappa shape index (κ1) is 14.8. The highest BCUT2D eigenvalue weighted by molar-refractivity contribution is 5.46. The molecule has 3 rings (SSSR count). The fourth-order valence-corrected chi connectivity index (χ4v) is 2.59. The molecular formula is C17H22N4O. The Bertz CT molecular complexity index is 611. The van der Waals surface area contributed by atoms with E-state index in [9.17, 15) is 0 Å². The van der Waals surface area contributed by atoms with Crippen molar-refractivity contribution in [1.29, 1.82) is 0 Å². The molecule has 1 atom stereocenters. The molecule has 2 aromatic rings. The van der Waals surface area contributed by atoms with Gasteiger partial charge in [0.15, 0.2) is 0 Å². The van der Waals surface area contributed by atoms with Crippen LogP contribution in [0.25, 0.3) is 0 Å². The highest BCUT2D eigenvalue weighted by Gasteiger charge is 2.15. The van der Waals surface area contributed by atoms with Gasteiger partial charge in [0.2, 0.25) is 0 Å². The van der Waals surface area contributed by atoms with Crippen LogP contribution in [0, 0.1) is 6.92 Å². The molecule has 0 spiro atoms. The lowest BCUT2D eigenvalue weighted by atomic mass is 10.1. The van der Waals surface area contributed by atoms with Crippen molar-refractivity contribution in [2.45, 2.75) is 32.4 Å².